The van der Waals surface area contributed by atoms with Crippen molar-refractivity contribution < 1.29 is 17.7 Å². The van der Waals surface area contributed by atoms with Crippen LogP contribution in [0, 0.1) is 6.92 Å². The Morgan fingerprint density at radius 2 is 2.19 bits per heavy atom. The Kier molecular flexibility index (Phi) is 3.52. The summed E-state index contributed by atoms with van der Waals surface area (Å²) in [5.74, 6) is 1.01. The van der Waals surface area contributed by atoms with E-state index in [1.807, 2.05) is 6.92 Å². The van der Waals surface area contributed by atoms with Crippen LogP contribution in [-0.4, -0.2) is 31.8 Å². The van der Waals surface area contributed by atoms with Crippen molar-refractivity contribution in [2.45, 2.75) is 24.2 Å². The summed E-state index contributed by atoms with van der Waals surface area (Å²) in [4.78, 5) is 4.37. The standard InChI is InChI=1S/C13H15N3O4S/c1-8-2-3-10(21(14,17)18)6-11(8)13-15-12(16-20-13)9-4-5-19-7-9/h2-3,6,9H,4-5,7H2,1H3,(H2,14,17,18)/t9-/m0/s1. The van der Waals surface area contributed by atoms with E-state index in [9.17, 15) is 8.42 Å². The zero-order valence-electron chi connectivity index (χ0n) is 11.4. The van der Waals surface area contributed by atoms with Gasteiger partial charge in [-0.15, -0.1) is 0 Å². The number of nitrogens with zero attached hydrogens (tertiary/aromatic N) is 2. The molecule has 0 amide bonds. The molecule has 1 atom stereocenters. The second-order valence-electron chi connectivity index (χ2n) is 5.04. The molecule has 0 unspecified atom stereocenters. The Bertz CT molecular complexity index is 763. The number of rotatable bonds is 3. The van der Waals surface area contributed by atoms with E-state index < -0.39 is 10.0 Å². The summed E-state index contributed by atoms with van der Waals surface area (Å²) < 4.78 is 33.4. The van der Waals surface area contributed by atoms with Crippen LogP contribution in [0.15, 0.2) is 27.6 Å². The van der Waals surface area contributed by atoms with E-state index in [4.69, 9.17) is 14.4 Å². The van der Waals surface area contributed by atoms with E-state index in [-0.39, 0.29) is 10.8 Å². The smallest absolute Gasteiger partial charge is 0.258 e. The Morgan fingerprint density at radius 3 is 2.86 bits per heavy atom. The summed E-state index contributed by atoms with van der Waals surface area (Å²) in [7, 11) is -3.77. The predicted molar refractivity (Wildman–Crippen MR) is 74.0 cm³/mol. The van der Waals surface area contributed by atoms with Crippen LogP contribution in [0.25, 0.3) is 11.5 Å². The van der Waals surface area contributed by atoms with Crippen LogP contribution in [0.4, 0.5) is 0 Å². The van der Waals surface area contributed by atoms with E-state index in [0.717, 1.165) is 12.0 Å². The van der Waals surface area contributed by atoms with E-state index in [2.05, 4.69) is 10.1 Å². The summed E-state index contributed by atoms with van der Waals surface area (Å²) >= 11 is 0. The fourth-order valence-electron chi connectivity index (χ4n) is 2.26. The molecule has 0 radical (unpaired) electrons. The van der Waals surface area contributed by atoms with Crippen molar-refractivity contribution in [1.82, 2.24) is 10.1 Å². The molecule has 1 aliphatic rings. The van der Waals surface area contributed by atoms with E-state index in [1.54, 1.807) is 6.07 Å². The molecule has 0 bridgehead atoms. The van der Waals surface area contributed by atoms with Gasteiger partial charge in [0.05, 0.1) is 11.5 Å². The number of aromatic nitrogens is 2. The first-order valence-corrected chi connectivity index (χ1v) is 8.05. The lowest BCUT2D eigenvalue weighted by molar-refractivity contribution is 0.192. The molecule has 2 N–H and O–H groups in total. The SMILES string of the molecule is Cc1ccc(S(N)(=O)=O)cc1-c1nc([C@H]2CCOC2)no1. The molecule has 0 aliphatic carbocycles. The van der Waals surface area contributed by atoms with Gasteiger partial charge < -0.3 is 9.26 Å². The molecule has 1 aromatic carbocycles. The van der Waals surface area contributed by atoms with Crippen LogP contribution in [0.5, 0.6) is 0 Å². The molecular formula is C13H15N3O4S. The number of benzene rings is 1. The lowest BCUT2D eigenvalue weighted by atomic mass is 10.1. The second kappa shape index (κ2) is 5.21. The molecule has 1 aromatic heterocycles. The van der Waals surface area contributed by atoms with E-state index in [0.29, 0.717) is 30.5 Å². The molecule has 112 valence electrons. The fraction of sp³-hybridized carbons (Fsp3) is 0.385. The van der Waals surface area contributed by atoms with Gasteiger partial charge in [-0.25, -0.2) is 13.6 Å². The maximum atomic E-state index is 11.4. The highest BCUT2D eigenvalue weighted by Gasteiger charge is 2.24. The molecule has 1 aliphatic heterocycles. The van der Waals surface area contributed by atoms with Crippen molar-refractivity contribution in [2.75, 3.05) is 13.2 Å². The van der Waals surface area contributed by atoms with E-state index >= 15 is 0 Å². The Hall–Kier alpha value is -1.77. The number of sulfonamides is 1. The molecule has 2 aromatic rings. The van der Waals surface area contributed by atoms with Gasteiger partial charge in [-0.2, -0.15) is 4.98 Å². The van der Waals surface area contributed by atoms with Gasteiger partial charge in [0.15, 0.2) is 5.82 Å². The van der Waals surface area contributed by atoms with Gasteiger partial charge in [0.25, 0.3) is 5.89 Å². The highest BCUT2D eigenvalue weighted by Crippen LogP contribution is 2.28. The number of hydrogen-bond donors (Lipinski definition) is 1. The third-order valence-electron chi connectivity index (χ3n) is 3.50. The first kappa shape index (κ1) is 14.2. The fourth-order valence-corrected chi connectivity index (χ4v) is 2.80. The Balaban J connectivity index is 2.00. The molecular weight excluding hydrogens is 294 g/mol. The van der Waals surface area contributed by atoms with Gasteiger partial charge in [0.1, 0.15) is 0 Å². The zero-order chi connectivity index (χ0) is 15.0. The maximum Gasteiger partial charge on any atom is 0.258 e. The van der Waals surface area contributed by atoms with Crippen LogP contribution in [-0.2, 0) is 14.8 Å². The van der Waals surface area contributed by atoms with Crippen LogP contribution in [0.3, 0.4) is 0 Å². The summed E-state index contributed by atoms with van der Waals surface area (Å²) in [5.41, 5.74) is 1.40. The minimum atomic E-state index is -3.77. The average molecular weight is 309 g/mol. The van der Waals surface area contributed by atoms with Crippen molar-refractivity contribution in [1.29, 1.82) is 0 Å². The van der Waals surface area contributed by atoms with Crippen molar-refractivity contribution >= 4 is 10.0 Å². The molecule has 1 fully saturated rings. The van der Waals surface area contributed by atoms with Crippen LogP contribution in [0.1, 0.15) is 23.7 Å². The number of nitrogens with two attached hydrogens (primary N) is 1. The highest BCUT2D eigenvalue weighted by atomic mass is 32.2. The number of ether oxygens (including phenoxy) is 1. The molecule has 0 spiro atoms. The topological polar surface area (TPSA) is 108 Å². The zero-order valence-corrected chi connectivity index (χ0v) is 12.3. The van der Waals surface area contributed by atoms with Gasteiger partial charge >= 0.3 is 0 Å². The summed E-state index contributed by atoms with van der Waals surface area (Å²) in [6.45, 7) is 3.11. The maximum absolute atomic E-state index is 11.4. The van der Waals surface area contributed by atoms with Crippen molar-refractivity contribution in [2.24, 2.45) is 5.14 Å². The summed E-state index contributed by atoms with van der Waals surface area (Å²) in [5, 5.41) is 9.11. The van der Waals surface area contributed by atoms with Crippen molar-refractivity contribution in [3.8, 4) is 11.5 Å². The largest absolute Gasteiger partial charge is 0.381 e. The normalized spacial score (nSPS) is 19.0. The van der Waals surface area contributed by atoms with Gasteiger partial charge in [-0.3, -0.25) is 0 Å². The highest BCUT2D eigenvalue weighted by molar-refractivity contribution is 7.89. The average Bonchev–Trinajstić information content (AvgIpc) is 3.09. The lowest BCUT2D eigenvalue weighted by Crippen LogP contribution is -2.12. The van der Waals surface area contributed by atoms with Crippen LogP contribution < -0.4 is 5.14 Å². The molecule has 21 heavy (non-hydrogen) atoms. The summed E-state index contributed by atoms with van der Waals surface area (Å²) in [6, 6.07) is 4.57. The monoisotopic (exact) mass is 309 g/mol. The third kappa shape index (κ3) is 2.82. The van der Waals surface area contributed by atoms with Crippen LogP contribution >= 0.6 is 0 Å². The molecule has 1 saturated heterocycles. The third-order valence-corrected chi connectivity index (χ3v) is 4.42. The number of aryl methyl sites for hydroxylation is 1. The Morgan fingerprint density at radius 1 is 1.38 bits per heavy atom. The molecule has 3 rings (SSSR count). The van der Waals surface area contributed by atoms with Gasteiger partial charge in [0.2, 0.25) is 10.0 Å². The quantitative estimate of drug-likeness (QED) is 0.912. The van der Waals surface area contributed by atoms with Gasteiger partial charge in [-0.1, -0.05) is 11.2 Å². The van der Waals surface area contributed by atoms with Gasteiger partial charge in [-0.05, 0) is 31.0 Å². The first-order valence-electron chi connectivity index (χ1n) is 6.50. The first-order chi connectivity index (χ1) is 9.95. The molecule has 7 nitrogen and oxygen atoms in total. The van der Waals surface area contributed by atoms with E-state index in [1.165, 1.54) is 12.1 Å². The summed E-state index contributed by atoms with van der Waals surface area (Å²) in [6.07, 6.45) is 0.856. The minimum absolute atomic E-state index is 0.0204. The second-order valence-corrected chi connectivity index (χ2v) is 6.60. The van der Waals surface area contributed by atoms with Crippen LogP contribution in [0.2, 0.25) is 0 Å². The molecule has 2 heterocycles. The minimum Gasteiger partial charge on any atom is -0.381 e. The number of hydrogen-bond acceptors (Lipinski definition) is 6. The lowest BCUT2D eigenvalue weighted by Gasteiger charge is -2.04. The van der Waals surface area contributed by atoms with Crippen molar-refractivity contribution in [3.05, 3.63) is 29.6 Å². The predicted octanol–water partition coefficient (Wildman–Crippen LogP) is 1.20. The number of primary sulfonamides is 1. The molecule has 0 saturated carbocycles. The van der Waals surface area contributed by atoms with Gasteiger partial charge in [0, 0.05) is 18.1 Å². The Labute approximate surface area is 122 Å². The molecule has 8 heteroatoms. The van der Waals surface area contributed by atoms with Crippen molar-refractivity contribution in [3.63, 3.8) is 0 Å².